The Hall–Kier alpha value is -3.31. The third-order valence-electron chi connectivity index (χ3n) is 7.40. The molecule has 1 aliphatic heterocycles. The van der Waals surface area contributed by atoms with Crippen molar-refractivity contribution >= 4 is 22.4 Å². The van der Waals surface area contributed by atoms with Gasteiger partial charge in [-0.15, -0.1) is 0 Å². The number of aryl methyl sites for hydroxylation is 1. The highest BCUT2D eigenvalue weighted by atomic mass is 19.4. The second-order valence-electron chi connectivity index (χ2n) is 10.6. The molecule has 0 amide bonds. The van der Waals surface area contributed by atoms with Crippen molar-refractivity contribution in [2.45, 2.75) is 38.9 Å². The zero-order valence-corrected chi connectivity index (χ0v) is 22.4. The fourth-order valence-corrected chi connectivity index (χ4v) is 5.00. The normalized spacial score (nSPS) is 18.1. The van der Waals surface area contributed by atoms with Gasteiger partial charge in [-0.2, -0.15) is 13.2 Å². The summed E-state index contributed by atoms with van der Waals surface area (Å²) in [6, 6.07) is 6.70. The lowest BCUT2D eigenvalue weighted by Gasteiger charge is -2.30. The predicted molar refractivity (Wildman–Crippen MR) is 143 cm³/mol. The molecule has 0 bridgehead atoms. The Kier molecular flexibility index (Phi) is 7.47. The van der Waals surface area contributed by atoms with Gasteiger partial charge in [-0.3, -0.25) is 4.90 Å². The highest BCUT2D eigenvalue weighted by molar-refractivity contribution is 5.92. The van der Waals surface area contributed by atoms with Crippen LogP contribution in [-0.2, 0) is 10.9 Å². The first-order chi connectivity index (χ1) is 18.5. The summed E-state index contributed by atoms with van der Waals surface area (Å²) in [5, 5.41) is 3.94. The van der Waals surface area contributed by atoms with Crippen molar-refractivity contribution < 1.29 is 27.4 Å². The summed E-state index contributed by atoms with van der Waals surface area (Å²) in [6.45, 7) is 8.44. The number of fused-ring (bicyclic) bond motifs is 1. The molecule has 2 heterocycles. The number of nitrogens with two attached hydrogens (primary N) is 1. The van der Waals surface area contributed by atoms with E-state index in [2.05, 4.69) is 20.2 Å². The van der Waals surface area contributed by atoms with Gasteiger partial charge in [0.15, 0.2) is 11.5 Å². The summed E-state index contributed by atoms with van der Waals surface area (Å²) in [5.74, 6) is 2.14. The highest BCUT2D eigenvalue weighted by Crippen LogP contribution is 2.47. The van der Waals surface area contributed by atoms with E-state index in [1.165, 1.54) is 6.07 Å². The average molecular weight is 546 g/mol. The number of nitrogens with zero attached hydrogens (tertiary/aromatic N) is 3. The quantitative estimate of drug-likeness (QED) is 0.354. The molecule has 2 aromatic carbocycles. The third-order valence-corrected chi connectivity index (χ3v) is 7.40. The van der Waals surface area contributed by atoms with Gasteiger partial charge in [0.2, 0.25) is 0 Å². The van der Waals surface area contributed by atoms with Crippen molar-refractivity contribution in [2.75, 3.05) is 57.6 Å². The minimum Gasteiger partial charge on any atom is -0.493 e. The van der Waals surface area contributed by atoms with Gasteiger partial charge < -0.3 is 25.3 Å². The fraction of sp³-hybridized carbons (Fsp3) is 0.500. The van der Waals surface area contributed by atoms with E-state index in [4.69, 9.17) is 19.9 Å². The van der Waals surface area contributed by atoms with Crippen molar-refractivity contribution in [1.29, 1.82) is 0 Å². The summed E-state index contributed by atoms with van der Waals surface area (Å²) in [4.78, 5) is 11.5. The van der Waals surface area contributed by atoms with E-state index in [1.807, 2.05) is 6.07 Å². The molecule has 8 nitrogen and oxygen atoms in total. The molecule has 39 heavy (non-hydrogen) atoms. The number of halogens is 3. The highest BCUT2D eigenvalue weighted by Gasteiger charge is 2.45. The maximum atomic E-state index is 13.4. The Balaban J connectivity index is 1.40. The number of alkyl halides is 3. The van der Waals surface area contributed by atoms with E-state index < -0.39 is 17.8 Å². The lowest BCUT2D eigenvalue weighted by Crippen LogP contribution is -2.41. The number of hydrogen-bond acceptors (Lipinski definition) is 8. The molecular weight excluding hydrogens is 511 g/mol. The summed E-state index contributed by atoms with van der Waals surface area (Å²) in [7, 11) is 1.59. The van der Waals surface area contributed by atoms with E-state index in [-0.39, 0.29) is 11.1 Å². The van der Waals surface area contributed by atoms with Gasteiger partial charge >= 0.3 is 6.18 Å². The first kappa shape index (κ1) is 27.3. The first-order valence-electron chi connectivity index (χ1n) is 13.1. The van der Waals surface area contributed by atoms with Crippen molar-refractivity contribution in [2.24, 2.45) is 5.41 Å². The van der Waals surface area contributed by atoms with Crippen LogP contribution in [0, 0.1) is 12.3 Å². The summed E-state index contributed by atoms with van der Waals surface area (Å²) >= 11 is 0. The van der Waals surface area contributed by atoms with Gasteiger partial charge in [-0.05, 0) is 56.5 Å². The summed E-state index contributed by atoms with van der Waals surface area (Å²) < 4.78 is 57.6. The number of aromatic nitrogens is 2. The number of ether oxygens (including phenoxy) is 3. The Morgan fingerprint density at radius 3 is 2.51 bits per heavy atom. The number of nitrogens with one attached hydrogen (secondary N) is 1. The molecule has 0 unspecified atom stereocenters. The van der Waals surface area contributed by atoms with Crippen LogP contribution in [0.25, 0.3) is 10.9 Å². The van der Waals surface area contributed by atoms with E-state index in [0.717, 1.165) is 57.8 Å². The molecule has 5 rings (SSSR count). The van der Waals surface area contributed by atoms with Crippen molar-refractivity contribution in [3.63, 3.8) is 0 Å². The second-order valence-corrected chi connectivity index (χ2v) is 10.6. The maximum Gasteiger partial charge on any atom is 0.416 e. The van der Waals surface area contributed by atoms with E-state index >= 15 is 0 Å². The minimum absolute atomic E-state index is 0.0451. The van der Waals surface area contributed by atoms with Crippen LogP contribution in [0.5, 0.6) is 11.5 Å². The monoisotopic (exact) mass is 545 g/mol. The number of hydrogen-bond donors (Lipinski definition) is 2. The third kappa shape index (κ3) is 6.30. The van der Waals surface area contributed by atoms with Crippen molar-refractivity contribution in [3.8, 4) is 11.5 Å². The summed E-state index contributed by atoms with van der Waals surface area (Å²) in [6.07, 6.45) is -2.29. The molecule has 2 fully saturated rings. The zero-order chi connectivity index (χ0) is 27.8. The maximum absolute atomic E-state index is 13.4. The molecule has 3 N–H and O–H groups in total. The predicted octanol–water partition coefficient (Wildman–Crippen LogP) is 5.21. The van der Waals surface area contributed by atoms with Crippen molar-refractivity contribution in [3.05, 3.63) is 47.3 Å². The Morgan fingerprint density at radius 1 is 1.10 bits per heavy atom. The van der Waals surface area contributed by atoms with Gasteiger partial charge in [0, 0.05) is 42.2 Å². The van der Waals surface area contributed by atoms with Gasteiger partial charge in [0.1, 0.15) is 11.6 Å². The number of nitrogen functional groups attached to an aromatic ring is 1. The Labute approximate surface area is 225 Å². The van der Waals surface area contributed by atoms with Crippen LogP contribution in [-0.4, -0.2) is 61.4 Å². The molecule has 1 atom stereocenters. The molecule has 3 aromatic rings. The van der Waals surface area contributed by atoms with E-state index in [1.54, 1.807) is 27.0 Å². The second kappa shape index (κ2) is 10.7. The largest absolute Gasteiger partial charge is 0.493 e. The standard InChI is InChI=1S/C28H34F3N5O3/c1-17(19-10-20(28(29,30)31)12-21(32)11-19)33-26-22-13-25(24(37-3)14-23(22)34-18(2)35-26)39-16-27(4-5-27)15-36-6-8-38-9-7-36/h10-14,17H,4-9,15-16,32H2,1-3H3,(H,33,34,35)/t17-/m1/s1. The van der Waals surface area contributed by atoms with Crippen molar-refractivity contribution in [1.82, 2.24) is 14.9 Å². The Bertz CT molecular complexity index is 1340. The van der Waals surface area contributed by atoms with Gasteiger partial charge in [0.05, 0.1) is 44.1 Å². The van der Waals surface area contributed by atoms with Crippen LogP contribution >= 0.6 is 0 Å². The van der Waals surface area contributed by atoms with Crippen LogP contribution in [0.1, 0.15) is 42.8 Å². The molecule has 2 aliphatic rings. The molecule has 0 spiro atoms. The van der Waals surface area contributed by atoms with Crippen LogP contribution in [0.4, 0.5) is 24.7 Å². The molecule has 1 aromatic heterocycles. The average Bonchev–Trinajstić information content (AvgIpc) is 3.66. The number of morpholine rings is 1. The number of rotatable bonds is 9. The molecule has 11 heteroatoms. The van der Waals surface area contributed by atoms with Gasteiger partial charge in [-0.25, -0.2) is 9.97 Å². The van der Waals surface area contributed by atoms with Gasteiger partial charge in [-0.1, -0.05) is 0 Å². The number of anilines is 2. The number of benzene rings is 2. The topological polar surface area (TPSA) is 94.8 Å². The van der Waals surface area contributed by atoms with Crippen LogP contribution < -0.4 is 20.5 Å². The molecule has 1 saturated heterocycles. The molecule has 210 valence electrons. The smallest absolute Gasteiger partial charge is 0.416 e. The molecule has 1 saturated carbocycles. The van der Waals surface area contributed by atoms with Crippen LogP contribution in [0.2, 0.25) is 0 Å². The lowest BCUT2D eigenvalue weighted by molar-refractivity contribution is -0.137. The van der Waals surface area contributed by atoms with E-state index in [9.17, 15) is 13.2 Å². The number of methoxy groups -OCH3 is 1. The van der Waals surface area contributed by atoms with E-state index in [0.29, 0.717) is 46.2 Å². The first-order valence-corrected chi connectivity index (χ1v) is 13.1. The zero-order valence-electron chi connectivity index (χ0n) is 22.4. The molecule has 0 radical (unpaired) electrons. The Morgan fingerprint density at radius 2 is 1.85 bits per heavy atom. The van der Waals surface area contributed by atoms with Gasteiger partial charge in [0.25, 0.3) is 0 Å². The minimum atomic E-state index is -4.49. The van der Waals surface area contributed by atoms with Crippen LogP contribution in [0.15, 0.2) is 30.3 Å². The lowest BCUT2D eigenvalue weighted by atomic mass is 10.0. The molecular formula is C28H34F3N5O3. The summed E-state index contributed by atoms with van der Waals surface area (Å²) in [5.41, 5.74) is 6.20. The fourth-order valence-electron chi connectivity index (χ4n) is 5.00. The molecule has 1 aliphatic carbocycles. The van der Waals surface area contributed by atoms with Crippen LogP contribution in [0.3, 0.4) is 0 Å². The SMILES string of the molecule is COc1cc2nc(C)nc(N[C@H](C)c3cc(N)cc(C(F)(F)F)c3)c2cc1OCC1(CN2CCOCC2)CC1.